The van der Waals surface area contributed by atoms with E-state index in [9.17, 15) is 0 Å². The molecule has 2 heteroatoms. The third-order valence-corrected chi connectivity index (χ3v) is 2.16. The lowest BCUT2D eigenvalue weighted by atomic mass is 9.98. The highest BCUT2D eigenvalue weighted by molar-refractivity contribution is 5.16. The molecule has 0 aromatic carbocycles. The fourth-order valence-corrected chi connectivity index (χ4v) is 1.53. The van der Waals surface area contributed by atoms with Crippen LogP contribution in [-0.4, -0.2) is 25.8 Å². The second-order valence-corrected chi connectivity index (χ2v) is 2.97. The van der Waals surface area contributed by atoms with Crippen molar-refractivity contribution >= 4 is 0 Å². The summed E-state index contributed by atoms with van der Waals surface area (Å²) < 4.78 is 5.61. The summed E-state index contributed by atoms with van der Waals surface area (Å²) in [5, 5.41) is 3.34. The number of rotatable bonds is 0. The normalized spacial score (nSPS) is 36.4. The summed E-state index contributed by atoms with van der Waals surface area (Å²) in [5.74, 6) is 0.544. The highest BCUT2D eigenvalue weighted by atomic mass is 16.5. The van der Waals surface area contributed by atoms with Crippen molar-refractivity contribution in [3.05, 3.63) is 24.3 Å². The van der Waals surface area contributed by atoms with E-state index in [1.807, 2.05) is 0 Å². The molecule has 11 heavy (non-hydrogen) atoms. The molecule has 1 aliphatic carbocycles. The molecule has 1 N–H and O–H groups in total. The minimum Gasteiger partial charge on any atom is -0.372 e. The van der Waals surface area contributed by atoms with Crippen molar-refractivity contribution in [3.8, 4) is 0 Å². The second kappa shape index (κ2) is 3.20. The molecule has 2 rings (SSSR count). The molecule has 1 saturated heterocycles. The minimum atomic E-state index is 0.315. The number of hydrogen-bond acceptors (Lipinski definition) is 2. The molecule has 0 aromatic rings. The largest absolute Gasteiger partial charge is 0.372 e. The number of hydrogen-bond donors (Lipinski definition) is 1. The van der Waals surface area contributed by atoms with Crippen LogP contribution in [0.25, 0.3) is 0 Å². The summed E-state index contributed by atoms with van der Waals surface area (Å²) in [7, 11) is 0. The van der Waals surface area contributed by atoms with E-state index in [-0.39, 0.29) is 0 Å². The van der Waals surface area contributed by atoms with Crippen molar-refractivity contribution in [2.45, 2.75) is 6.10 Å². The van der Waals surface area contributed by atoms with Gasteiger partial charge < -0.3 is 10.1 Å². The summed E-state index contributed by atoms with van der Waals surface area (Å²) in [5.41, 5.74) is 0. The molecule has 1 aliphatic heterocycles. The van der Waals surface area contributed by atoms with Crippen LogP contribution in [0.2, 0.25) is 0 Å². The van der Waals surface area contributed by atoms with Crippen LogP contribution >= 0.6 is 0 Å². The van der Waals surface area contributed by atoms with Crippen LogP contribution in [-0.2, 0) is 4.74 Å². The Bertz CT molecular complexity index is 166. The Labute approximate surface area is 66.9 Å². The average molecular weight is 151 g/mol. The van der Waals surface area contributed by atoms with Gasteiger partial charge in [-0.3, -0.25) is 0 Å². The molecule has 2 nitrogen and oxygen atoms in total. The molecule has 0 saturated carbocycles. The molecule has 2 unspecified atom stereocenters. The lowest BCUT2D eigenvalue weighted by Gasteiger charge is -2.20. The molecule has 0 amide bonds. The Morgan fingerprint density at radius 1 is 1.27 bits per heavy atom. The van der Waals surface area contributed by atoms with Gasteiger partial charge in [-0.15, -0.1) is 0 Å². The molecular weight excluding hydrogens is 138 g/mol. The first-order valence-electron chi connectivity index (χ1n) is 4.14. The zero-order chi connectivity index (χ0) is 7.52. The lowest BCUT2D eigenvalue weighted by Crippen LogP contribution is -2.26. The van der Waals surface area contributed by atoms with Crippen LogP contribution in [0.4, 0.5) is 0 Å². The van der Waals surface area contributed by atoms with E-state index in [1.54, 1.807) is 0 Å². The van der Waals surface area contributed by atoms with Crippen molar-refractivity contribution in [1.29, 1.82) is 0 Å². The molecule has 60 valence electrons. The highest BCUT2D eigenvalue weighted by Gasteiger charge is 2.20. The smallest absolute Gasteiger partial charge is 0.0834 e. The van der Waals surface area contributed by atoms with E-state index in [0.717, 1.165) is 19.7 Å². The number of fused-ring (bicyclic) bond motifs is 1. The Hall–Kier alpha value is -0.600. The van der Waals surface area contributed by atoms with Crippen LogP contribution in [0.5, 0.6) is 0 Å². The van der Waals surface area contributed by atoms with Crippen LogP contribution in [0.3, 0.4) is 0 Å². The van der Waals surface area contributed by atoms with Gasteiger partial charge in [-0.05, 0) is 0 Å². The van der Waals surface area contributed by atoms with Gasteiger partial charge in [0.1, 0.15) is 0 Å². The van der Waals surface area contributed by atoms with E-state index in [0.29, 0.717) is 12.0 Å². The first kappa shape index (κ1) is 7.07. The van der Waals surface area contributed by atoms with Crippen molar-refractivity contribution < 1.29 is 4.74 Å². The SMILES string of the molecule is C1=CC2CNCCOC2C=C1. The first-order valence-corrected chi connectivity index (χ1v) is 4.14. The van der Waals surface area contributed by atoms with Gasteiger partial charge in [0.15, 0.2) is 0 Å². The van der Waals surface area contributed by atoms with E-state index >= 15 is 0 Å². The predicted molar refractivity (Wildman–Crippen MR) is 44.4 cm³/mol. The van der Waals surface area contributed by atoms with Crippen molar-refractivity contribution in [3.63, 3.8) is 0 Å². The monoisotopic (exact) mass is 151 g/mol. The van der Waals surface area contributed by atoms with Crippen molar-refractivity contribution in [1.82, 2.24) is 5.32 Å². The molecule has 2 atom stereocenters. The van der Waals surface area contributed by atoms with Gasteiger partial charge in [0.25, 0.3) is 0 Å². The Balaban J connectivity index is 2.07. The highest BCUT2D eigenvalue weighted by Crippen LogP contribution is 2.16. The standard InChI is InChI=1S/C9H13NO/c1-2-4-9-8(3-1)7-10-5-6-11-9/h1-4,8-10H,5-7H2. The maximum absolute atomic E-state index is 5.61. The lowest BCUT2D eigenvalue weighted by molar-refractivity contribution is 0.0780. The fraction of sp³-hybridized carbons (Fsp3) is 0.556. The number of ether oxygens (including phenoxy) is 1. The van der Waals surface area contributed by atoms with Gasteiger partial charge >= 0.3 is 0 Å². The quantitative estimate of drug-likeness (QED) is 0.550. The van der Waals surface area contributed by atoms with Gasteiger partial charge in [-0.1, -0.05) is 24.3 Å². The van der Waals surface area contributed by atoms with E-state index in [1.165, 1.54) is 0 Å². The Kier molecular flexibility index (Phi) is 2.06. The second-order valence-electron chi connectivity index (χ2n) is 2.97. The topological polar surface area (TPSA) is 21.3 Å². The summed E-state index contributed by atoms with van der Waals surface area (Å²) in [6.45, 7) is 2.86. The zero-order valence-electron chi connectivity index (χ0n) is 6.49. The molecule has 1 fully saturated rings. The summed E-state index contributed by atoms with van der Waals surface area (Å²) in [4.78, 5) is 0. The van der Waals surface area contributed by atoms with E-state index in [2.05, 4.69) is 29.6 Å². The average Bonchev–Trinajstić information content (AvgIpc) is 2.28. The third kappa shape index (κ3) is 1.52. The van der Waals surface area contributed by atoms with E-state index in [4.69, 9.17) is 4.74 Å². The molecule has 0 radical (unpaired) electrons. The van der Waals surface area contributed by atoms with Gasteiger partial charge in [0, 0.05) is 19.0 Å². The zero-order valence-corrected chi connectivity index (χ0v) is 6.49. The number of nitrogens with one attached hydrogen (secondary N) is 1. The maximum atomic E-state index is 5.61. The number of allylic oxidation sites excluding steroid dienone is 2. The van der Waals surface area contributed by atoms with Crippen molar-refractivity contribution in [2.75, 3.05) is 19.7 Å². The first-order chi connectivity index (χ1) is 5.47. The van der Waals surface area contributed by atoms with Gasteiger partial charge in [0.05, 0.1) is 12.7 Å². The molecule has 1 heterocycles. The van der Waals surface area contributed by atoms with Gasteiger partial charge in [-0.25, -0.2) is 0 Å². The summed E-state index contributed by atoms with van der Waals surface area (Å²) in [6.07, 6.45) is 8.82. The Morgan fingerprint density at radius 2 is 2.18 bits per heavy atom. The summed E-state index contributed by atoms with van der Waals surface area (Å²) in [6, 6.07) is 0. The molecule has 2 aliphatic rings. The fourth-order valence-electron chi connectivity index (χ4n) is 1.53. The molecule has 0 aromatic heterocycles. The van der Waals surface area contributed by atoms with Crippen LogP contribution in [0.15, 0.2) is 24.3 Å². The molecular formula is C9H13NO. The van der Waals surface area contributed by atoms with E-state index < -0.39 is 0 Å². The third-order valence-electron chi connectivity index (χ3n) is 2.16. The van der Waals surface area contributed by atoms with Crippen LogP contribution in [0, 0.1) is 5.92 Å². The summed E-state index contributed by atoms with van der Waals surface area (Å²) >= 11 is 0. The maximum Gasteiger partial charge on any atom is 0.0834 e. The van der Waals surface area contributed by atoms with Crippen LogP contribution in [0.1, 0.15) is 0 Å². The Morgan fingerprint density at radius 3 is 3.18 bits per heavy atom. The molecule has 0 bridgehead atoms. The van der Waals surface area contributed by atoms with Crippen molar-refractivity contribution in [2.24, 2.45) is 5.92 Å². The predicted octanol–water partition coefficient (Wildman–Crippen LogP) is 0.717. The molecule has 0 spiro atoms. The van der Waals surface area contributed by atoms with Gasteiger partial charge in [-0.2, -0.15) is 0 Å². The minimum absolute atomic E-state index is 0.315. The van der Waals surface area contributed by atoms with Gasteiger partial charge in [0.2, 0.25) is 0 Å². The van der Waals surface area contributed by atoms with Crippen LogP contribution < -0.4 is 5.32 Å².